The first-order valence-electron chi connectivity index (χ1n) is 4.97. The van der Waals surface area contributed by atoms with Gasteiger partial charge in [-0.25, -0.2) is 0 Å². The van der Waals surface area contributed by atoms with Crippen LogP contribution in [-0.2, 0) is 6.42 Å². The van der Waals surface area contributed by atoms with Gasteiger partial charge in [-0.15, -0.1) is 0 Å². The van der Waals surface area contributed by atoms with Crippen molar-refractivity contribution in [3.05, 3.63) is 35.4 Å². The SMILES string of the molecule is N#Cc1ccccc1CCCCCO. The van der Waals surface area contributed by atoms with E-state index < -0.39 is 0 Å². The molecule has 74 valence electrons. The first kappa shape index (κ1) is 10.7. The largest absolute Gasteiger partial charge is 0.396 e. The number of nitriles is 1. The van der Waals surface area contributed by atoms with E-state index in [-0.39, 0.29) is 6.61 Å². The fraction of sp³-hybridized carbons (Fsp3) is 0.417. The molecule has 0 saturated heterocycles. The summed E-state index contributed by atoms with van der Waals surface area (Å²) >= 11 is 0. The normalized spacial score (nSPS) is 9.71. The number of rotatable bonds is 5. The fourth-order valence-electron chi connectivity index (χ4n) is 1.45. The van der Waals surface area contributed by atoms with Gasteiger partial charge in [0.15, 0.2) is 0 Å². The van der Waals surface area contributed by atoms with E-state index in [0.29, 0.717) is 0 Å². The summed E-state index contributed by atoms with van der Waals surface area (Å²) in [5, 5.41) is 17.4. The molecular weight excluding hydrogens is 174 g/mol. The molecule has 0 bridgehead atoms. The molecule has 2 heteroatoms. The van der Waals surface area contributed by atoms with Crippen molar-refractivity contribution in [3.63, 3.8) is 0 Å². The molecule has 0 spiro atoms. The van der Waals surface area contributed by atoms with Crippen molar-refractivity contribution in [1.29, 1.82) is 5.26 Å². The molecule has 0 radical (unpaired) electrons. The average Bonchev–Trinajstić information content (AvgIpc) is 2.25. The Kier molecular flexibility index (Phi) is 4.74. The molecule has 0 unspecified atom stereocenters. The molecule has 0 amide bonds. The molecule has 0 aliphatic rings. The second-order valence-electron chi connectivity index (χ2n) is 3.30. The van der Waals surface area contributed by atoms with Gasteiger partial charge in [0.25, 0.3) is 0 Å². The van der Waals surface area contributed by atoms with Crippen molar-refractivity contribution in [2.45, 2.75) is 25.7 Å². The summed E-state index contributed by atoms with van der Waals surface area (Å²) in [5.74, 6) is 0. The van der Waals surface area contributed by atoms with Gasteiger partial charge in [0.1, 0.15) is 0 Å². The van der Waals surface area contributed by atoms with Crippen molar-refractivity contribution >= 4 is 0 Å². The molecule has 1 N–H and O–H groups in total. The maximum Gasteiger partial charge on any atom is 0.0994 e. The zero-order chi connectivity index (χ0) is 10.2. The zero-order valence-corrected chi connectivity index (χ0v) is 8.24. The van der Waals surface area contributed by atoms with E-state index in [9.17, 15) is 0 Å². The third kappa shape index (κ3) is 3.20. The minimum Gasteiger partial charge on any atom is -0.396 e. The lowest BCUT2D eigenvalue weighted by atomic mass is 10.0. The Morgan fingerprint density at radius 3 is 2.64 bits per heavy atom. The van der Waals surface area contributed by atoms with Crippen LogP contribution in [0.25, 0.3) is 0 Å². The number of benzene rings is 1. The minimum atomic E-state index is 0.264. The van der Waals surface area contributed by atoms with E-state index in [0.717, 1.165) is 36.8 Å². The molecule has 0 saturated carbocycles. The van der Waals surface area contributed by atoms with E-state index in [1.165, 1.54) is 0 Å². The molecule has 1 aromatic carbocycles. The quantitative estimate of drug-likeness (QED) is 0.722. The number of nitrogens with zero attached hydrogens (tertiary/aromatic N) is 1. The molecule has 0 aromatic heterocycles. The summed E-state index contributed by atoms with van der Waals surface area (Å²) in [7, 11) is 0. The van der Waals surface area contributed by atoms with Gasteiger partial charge in [-0.1, -0.05) is 24.6 Å². The van der Waals surface area contributed by atoms with Crippen LogP contribution in [0.1, 0.15) is 30.4 Å². The van der Waals surface area contributed by atoms with E-state index in [1.807, 2.05) is 24.3 Å². The van der Waals surface area contributed by atoms with Crippen LogP contribution >= 0.6 is 0 Å². The van der Waals surface area contributed by atoms with E-state index in [1.54, 1.807) is 0 Å². The third-order valence-corrected chi connectivity index (χ3v) is 2.24. The highest BCUT2D eigenvalue weighted by Crippen LogP contribution is 2.11. The number of hydrogen-bond donors (Lipinski definition) is 1. The number of unbranched alkanes of at least 4 members (excludes halogenated alkanes) is 2. The zero-order valence-electron chi connectivity index (χ0n) is 8.24. The predicted molar refractivity (Wildman–Crippen MR) is 55.8 cm³/mol. The van der Waals surface area contributed by atoms with Crippen LogP contribution in [0.4, 0.5) is 0 Å². The molecule has 14 heavy (non-hydrogen) atoms. The summed E-state index contributed by atoms with van der Waals surface area (Å²) in [5.41, 5.74) is 1.89. The second-order valence-corrected chi connectivity index (χ2v) is 3.30. The van der Waals surface area contributed by atoms with Crippen LogP contribution < -0.4 is 0 Å². The Bertz CT molecular complexity index is 314. The summed E-state index contributed by atoms with van der Waals surface area (Å²) in [6.07, 6.45) is 3.86. The molecule has 0 aliphatic carbocycles. The Hall–Kier alpha value is -1.33. The molecule has 2 nitrogen and oxygen atoms in total. The molecule has 0 heterocycles. The van der Waals surface area contributed by atoms with Crippen molar-refractivity contribution in [2.75, 3.05) is 6.61 Å². The second kappa shape index (κ2) is 6.17. The van der Waals surface area contributed by atoms with Crippen LogP contribution in [0.5, 0.6) is 0 Å². The summed E-state index contributed by atoms with van der Waals surface area (Å²) in [4.78, 5) is 0. The first-order valence-corrected chi connectivity index (χ1v) is 4.97. The van der Waals surface area contributed by atoms with Crippen molar-refractivity contribution in [3.8, 4) is 6.07 Å². The van der Waals surface area contributed by atoms with Gasteiger partial charge in [0.05, 0.1) is 11.6 Å². The third-order valence-electron chi connectivity index (χ3n) is 2.24. The fourth-order valence-corrected chi connectivity index (χ4v) is 1.45. The van der Waals surface area contributed by atoms with Gasteiger partial charge in [0.2, 0.25) is 0 Å². The Labute approximate surface area is 84.8 Å². The lowest BCUT2D eigenvalue weighted by Gasteiger charge is -2.02. The Morgan fingerprint density at radius 1 is 1.14 bits per heavy atom. The summed E-state index contributed by atoms with van der Waals surface area (Å²) < 4.78 is 0. The van der Waals surface area contributed by atoms with Gasteiger partial charge < -0.3 is 5.11 Å². The van der Waals surface area contributed by atoms with Gasteiger partial charge in [0, 0.05) is 6.61 Å². The lowest BCUT2D eigenvalue weighted by molar-refractivity contribution is 0.283. The lowest BCUT2D eigenvalue weighted by Crippen LogP contribution is -1.91. The number of aryl methyl sites for hydroxylation is 1. The highest BCUT2D eigenvalue weighted by molar-refractivity contribution is 5.37. The van der Waals surface area contributed by atoms with E-state index in [4.69, 9.17) is 10.4 Å². The Morgan fingerprint density at radius 2 is 1.93 bits per heavy atom. The first-order chi connectivity index (χ1) is 6.88. The summed E-state index contributed by atoms with van der Waals surface area (Å²) in [6, 6.07) is 9.88. The van der Waals surface area contributed by atoms with Crippen LogP contribution in [0.15, 0.2) is 24.3 Å². The molecule has 0 aliphatic heterocycles. The topological polar surface area (TPSA) is 44.0 Å². The average molecular weight is 189 g/mol. The van der Waals surface area contributed by atoms with Crippen molar-refractivity contribution < 1.29 is 5.11 Å². The number of hydrogen-bond acceptors (Lipinski definition) is 2. The van der Waals surface area contributed by atoms with Crippen LogP contribution in [-0.4, -0.2) is 11.7 Å². The predicted octanol–water partition coefficient (Wildman–Crippen LogP) is 2.26. The highest BCUT2D eigenvalue weighted by Gasteiger charge is 1.99. The van der Waals surface area contributed by atoms with Crippen LogP contribution in [0.3, 0.4) is 0 Å². The highest BCUT2D eigenvalue weighted by atomic mass is 16.2. The maximum atomic E-state index is 8.83. The number of aliphatic hydroxyl groups is 1. The van der Waals surface area contributed by atoms with Gasteiger partial charge in [-0.2, -0.15) is 5.26 Å². The molecular formula is C12H15NO. The van der Waals surface area contributed by atoms with Gasteiger partial charge in [-0.3, -0.25) is 0 Å². The summed E-state index contributed by atoms with van der Waals surface area (Å²) in [6.45, 7) is 0.264. The molecule has 0 fully saturated rings. The minimum absolute atomic E-state index is 0.264. The van der Waals surface area contributed by atoms with Gasteiger partial charge >= 0.3 is 0 Å². The van der Waals surface area contributed by atoms with Crippen molar-refractivity contribution in [1.82, 2.24) is 0 Å². The van der Waals surface area contributed by atoms with Crippen LogP contribution in [0.2, 0.25) is 0 Å². The van der Waals surface area contributed by atoms with E-state index in [2.05, 4.69) is 6.07 Å². The standard InChI is InChI=1S/C12H15NO/c13-10-12-8-4-3-7-11(12)6-2-1-5-9-14/h3-4,7-8,14H,1-2,5-6,9H2. The number of aliphatic hydroxyl groups excluding tert-OH is 1. The maximum absolute atomic E-state index is 8.83. The Balaban J connectivity index is 2.46. The molecule has 0 atom stereocenters. The molecule has 1 aromatic rings. The van der Waals surface area contributed by atoms with Gasteiger partial charge in [-0.05, 0) is 30.9 Å². The van der Waals surface area contributed by atoms with E-state index >= 15 is 0 Å². The van der Waals surface area contributed by atoms with Crippen LogP contribution in [0, 0.1) is 11.3 Å². The monoisotopic (exact) mass is 189 g/mol. The molecule has 1 rings (SSSR count). The van der Waals surface area contributed by atoms with Crippen molar-refractivity contribution in [2.24, 2.45) is 0 Å². The smallest absolute Gasteiger partial charge is 0.0994 e.